The van der Waals surface area contributed by atoms with Crippen LogP contribution in [0, 0.1) is 0 Å². The fourth-order valence-corrected chi connectivity index (χ4v) is 1.07. The molecule has 0 aliphatic rings. The van der Waals surface area contributed by atoms with Crippen LogP contribution >= 0.6 is 0 Å². The van der Waals surface area contributed by atoms with Crippen molar-refractivity contribution in [2.75, 3.05) is 20.3 Å². The first-order chi connectivity index (χ1) is 7.22. The molecule has 0 fully saturated rings. The van der Waals surface area contributed by atoms with Gasteiger partial charge in [-0.15, -0.1) is 0 Å². The van der Waals surface area contributed by atoms with Crippen LogP contribution in [0.15, 0.2) is 24.3 Å². The van der Waals surface area contributed by atoms with Gasteiger partial charge in [-0.3, -0.25) is 4.79 Å². The van der Waals surface area contributed by atoms with Gasteiger partial charge in [-0.1, -0.05) is 12.1 Å². The second-order valence-corrected chi connectivity index (χ2v) is 3.06. The Hall–Kier alpha value is -1.55. The lowest BCUT2D eigenvalue weighted by molar-refractivity contribution is -0.144. The van der Waals surface area contributed by atoms with E-state index in [4.69, 9.17) is 14.6 Å². The number of phenolic OH excluding ortho intramolecular Hbond substituents is 1. The first-order valence-electron chi connectivity index (χ1n) is 4.65. The van der Waals surface area contributed by atoms with Gasteiger partial charge in [0.15, 0.2) is 0 Å². The van der Waals surface area contributed by atoms with E-state index in [1.54, 1.807) is 19.2 Å². The number of ether oxygens (including phenoxy) is 2. The van der Waals surface area contributed by atoms with E-state index in [1.807, 2.05) is 0 Å². The molecular weight excluding hydrogens is 196 g/mol. The van der Waals surface area contributed by atoms with Crippen molar-refractivity contribution >= 4 is 5.97 Å². The highest BCUT2D eigenvalue weighted by molar-refractivity contribution is 5.72. The molecule has 0 saturated heterocycles. The topological polar surface area (TPSA) is 55.8 Å². The summed E-state index contributed by atoms with van der Waals surface area (Å²) in [5.74, 6) is -0.107. The average molecular weight is 210 g/mol. The van der Waals surface area contributed by atoms with Gasteiger partial charge < -0.3 is 14.6 Å². The molecule has 0 unspecified atom stereocenters. The fraction of sp³-hybridized carbons (Fsp3) is 0.364. The second-order valence-electron chi connectivity index (χ2n) is 3.06. The van der Waals surface area contributed by atoms with E-state index in [0.717, 1.165) is 5.56 Å². The highest BCUT2D eigenvalue weighted by Crippen LogP contribution is 2.10. The minimum absolute atomic E-state index is 0.187. The summed E-state index contributed by atoms with van der Waals surface area (Å²) in [7, 11) is 1.55. The summed E-state index contributed by atoms with van der Waals surface area (Å²) in [5, 5.41) is 9.03. The molecule has 0 saturated carbocycles. The first kappa shape index (κ1) is 11.5. The molecular formula is C11H14O4. The van der Waals surface area contributed by atoms with Crippen LogP contribution < -0.4 is 0 Å². The van der Waals surface area contributed by atoms with Gasteiger partial charge in [0.2, 0.25) is 0 Å². The monoisotopic (exact) mass is 210 g/mol. The summed E-state index contributed by atoms with van der Waals surface area (Å²) in [6, 6.07) is 6.45. The lowest BCUT2D eigenvalue weighted by atomic mass is 10.1. The SMILES string of the molecule is COCCOC(=O)Cc1ccc(O)cc1. The third kappa shape index (κ3) is 4.46. The van der Waals surface area contributed by atoms with Gasteiger partial charge in [0.05, 0.1) is 13.0 Å². The number of methoxy groups -OCH3 is 1. The van der Waals surface area contributed by atoms with Crippen LogP contribution in [0.4, 0.5) is 0 Å². The van der Waals surface area contributed by atoms with Crippen LogP contribution in [0.3, 0.4) is 0 Å². The van der Waals surface area contributed by atoms with Crippen LogP contribution in [0.25, 0.3) is 0 Å². The van der Waals surface area contributed by atoms with E-state index in [9.17, 15) is 4.79 Å². The molecule has 0 aliphatic heterocycles. The Morgan fingerprint density at radius 3 is 2.53 bits per heavy atom. The number of carbonyl (C=O) groups is 1. The molecule has 1 aromatic rings. The quantitative estimate of drug-likeness (QED) is 0.584. The Balaban J connectivity index is 2.34. The zero-order valence-electron chi connectivity index (χ0n) is 8.60. The predicted molar refractivity (Wildman–Crippen MR) is 54.6 cm³/mol. The molecule has 1 N–H and O–H groups in total. The molecule has 4 nitrogen and oxygen atoms in total. The number of hydrogen-bond donors (Lipinski definition) is 1. The molecule has 1 aromatic carbocycles. The molecule has 0 radical (unpaired) electrons. The molecule has 0 spiro atoms. The number of phenols is 1. The van der Waals surface area contributed by atoms with Crippen molar-refractivity contribution < 1.29 is 19.4 Å². The van der Waals surface area contributed by atoms with Gasteiger partial charge in [-0.25, -0.2) is 0 Å². The first-order valence-corrected chi connectivity index (χ1v) is 4.65. The number of aromatic hydroxyl groups is 1. The highest BCUT2D eigenvalue weighted by atomic mass is 16.6. The molecule has 0 amide bonds. The summed E-state index contributed by atoms with van der Waals surface area (Å²) in [6.45, 7) is 0.675. The molecule has 15 heavy (non-hydrogen) atoms. The zero-order chi connectivity index (χ0) is 11.1. The summed E-state index contributed by atoms with van der Waals surface area (Å²) >= 11 is 0. The second kappa shape index (κ2) is 6.03. The maximum Gasteiger partial charge on any atom is 0.310 e. The molecule has 1 rings (SSSR count). The lowest BCUT2D eigenvalue weighted by Gasteiger charge is -2.04. The van der Waals surface area contributed by atoms with Crippen LogP contribution in [0.1, 0.15) is 5.56 Å². The van der Waals surface area contributed by atoms with E-state index in [1.165, 1.54) is 12.1 Å². The van der Waals surface area contributed by atoms with Gasteiger partial charge in [0.1, 0.15) is 12.4 Å². The van der Waals surface area contributed by atoms with Crippen molar-refractivity contribution in [2.45, 2.75) is 6.42 Å². The summed E-state index contributed by atoms with van der Waals surface area (Å²) < 4.78 is 9.64. The predicted octanol–water partition coefficient (Wildman–Crippen LogP) is 1.12. The summed E-state index contributed by atoms with van der Waals surface area (Å²) in [6.07, 6.45) is 0.212. The van der Waals surface area contributed by atoms with Crippen LogP contribution in [-0.4, -0.2) is 31.4 Å². The standard InChI is InChI=1S/C11H14O4/c1-14-6-7-15-11(13)8-9-2-4-10(12)5-3-9/h2-5,12H,6-8H2,1H3. The Labute approximate surface area is 88.4 Å². The Morgan fingerprint density at radius 1 is 1.27 bits per heavy atom. The average Bonchev–Trinajstić information content (AvgIpc) is 2.22. The largest absolute Gasteiger partial charge is 0.508 e. The third-order valence-corrected chi connectivity index (χ3v) is 1.84. The minimum Gasteiger partial charge on any atom is -0.508 e. The molecule has 82 valence electrons. The zero-order valence-corrected chi connectivity index (χ0v) is 8.60. The smallest absolute Gasteiger partial charge is 0.310 e. The van der Waals surface area contributed by atoms with E-state index in [0.29, 0.717) is 6.61 Å². The lowest BCUT2D eigenvalue weighted by Crippen LogP contribution is -2.11. The van der Waals surface area contributed by atoms with E-state index in [-0.39, 0.29) is 24.7 Å². The van der Waals surface area contributed by atoms with Gasteiger partial charge in [0, 0.05) is 7.11 Å². The van der Waals surface area contributed by atoms with Crippen molar-refractivity contribution in [2.24, 2.45) is 0 Å². The number of carbonyl (C=O) groups excluding carboxylic acids is 1. The van der Waals surface area contributed by atoms with Gasteiger partial charge in [0.25, 0.3) is 0 Å². The van der Waals surface area contributed by atoms with E-state index in [2.05, 4.69) is 0 Å². The van der Waals surface area contributed by atoms with Crippen molar-refractivity contribution in [1.29, 1.82) is 0 Å². The highest BCUT2D eigenvalue weighted by Gasteiger charge is 2.04. The van der Waals surface area contributed by atoms with Crippen LogP contribution in [0.5, 0.6) is 5.75 Å². The van der Waals surface area contributed by atoms with Gasteiger partial charge in [-0.05, 0) is 17.7 Å². The van der Waals surface area contributed by atoms with Crippen molar-refractivity contribution in [3.63, 3.8) is 0 Å². The van der Waals surface area contributed by atoms with Crippen molar-refractivity contribution in [3.05, 3.63) is 29.8 Å². The summed E-state index contributed by atoms with van der Waals surface area (Å²) in [4.78, 5) is 11.2. The Morgan fingerprint density at radius 2 is 1.93 bits per heavy atom. The molecule has 0 bridgehead atoms. The maximum atomic E-state index is 11.2. The van der Waals surface area contributed by atoms with Crippen LogP contribution in [0.2, 0.25) is 0 Å². The fourth-order valence-electron chi connectivity index (χ4n) is 1.07. The number of hydrogen-bond acceptors (Lipinski definition) is 4. The Kier molecular flexibility index (Phi) is 4.63. The summed E-state index contributed by atoms with van der Waals surface area (Å²) in [5.41, 5.74) is 0.815. The van der Waals surface area contributed by atoms with E-state index >= 15 is 0 Å². The molecule has 4 heteroatoms. The Bertz CT molecular complexity index is 305. The van der Waals surface area contributed by atoms with Gasteiger partial charge >= 0.3 is 5.97 Å². The van der Waals surface area contributed by atoms with Crippen LogP contribution in [-0.2, 0) is 20.7 Å². The number of esters is 1. The molecule has 0 aromatic heterocycles. The van der Waals surface area contributed by atoms with E-state index < -0.39 is 0 Å². The molecule has 0 heterocycles. The molecule has 0 aliphatic carbocycles. The normalized spacial score (nSPS) is 9.93. The van der Waals surface area contributed by atoms with Crippen molar-refractivity contribution in [3.8, 4) is 5.75 Å². The number of benzene rings is 1. The maximum absolute atomic E-state index is 11.2. The number of rotatable bonds is 5. The van der Waals surface area contributed by atoms with Crippen molar-refractivity contribution in [1.82, 2.24) is 0 Å². The molecule has 0 atom stereocenters. The van der Waals surface area contributed by atoms with Gasteiger partial charge in [-0.2, -0.15) is 0 Å². The minimum atomic E-state index is -0.294. The third-order valence-electron chi connectivity index (χ3n) is 1.84.